The average Bonchev–Trinajstić information content (AvgIpc) is 3.23. The predicted molar refractivity (Wildman–Crippen MR) is 94.6 cm³/mol. The Kier molecular flexibility index (Phi) is 4.45. The minimum absolute atomic E-state index is 0.541. The summed E-state index contributed by atoms with van der Waals surface area (Å²) in [6, 6.07) is 13.2. The molecule has 0 bridgehead atoms. The van der Waals surface area contributed by atoms with Crippen molar-refractivity contribution >= 4 is 11.4 Å². The van der Waals surface area contributed by atoms with Crippen molar-refractivity contribution in [2.75, 3.05) is 30.4 Å². The van der Waals surface area contributed by atoms with E-state index in [2.05, 4.69) is 52.1 Å². The van der Waals surface area contributed by atoms with E-state index in [-0.39, 0.29) is 0 Å². The maximum Gasteiger partial charge on any atom is 0.139 e. The van der Waals surface area contributed by atoms with Gasteiger partial charge in [-0.3, -0.25) is 4.90 Å². The lowest BCUT2D eigenvalue weighted by Crippen LogP contribution is -2.43. The maximum atomic E-state index is 5.81. The molecule has 5 nitrogen and oxygen atoms in total. The lowest BCUT2D eigenvalue weighted by atomic mass is 10.0. The van der Waals surface area contributed by atoms with Crippen molar-refractivity contribution in [1.82, 2.24) is 4.90 Å². The third-order valence-electron chi connectivity index (χ3n) is 4.88. The zero-order valence-electron chi connectivity index (χ0n) is 14.1. The molecule has 1 aromatic carbocycles. The molecular formula is C19H24N3O2. The Bertz CT molecular complexity index is 677. The number of rotatable bonds is 5. The van der Waals surface area contributed by atoms with E-state index in [1.807, 2.05) is 6.07 Å². The fraction of sp³-hybridized carbons (Fsp3) is 0.421. The second kappa shape index (κ2) is 6.87. The van der Waals surface area contributed by atoms with Crippen molar-refractivity contribution < 1.29 is 9.15 Å². The van der Waals surface area contributed by atoms with Crippen LogP contribution in [0.3, 0.4) is 0 Å². The maximum absolute atomic E-state index is 5.81. The van der Waals surface area contributed by atoms with Gasteiger partial charge in [0, 0.05) is 26.2 Å². The number of likely N-dealkylation sites (tertiary alicyclic amines) is 1. The monoisotopic (exact) mass is 326 g/mol. The Morgan fingerprint density at radius 1 is 1.12 bits per heavy atom. The molecule has 0 aliphatic carbocycles. The lowest BCUT2D eigenvalue weighted by Gasteiger charge is -2.36. The van der Waals surface area contributed by atoms with E-state index in [0.29, 0.717) is 12.6 Å². The van der Waals surface area contributed by atoms with Gasteiger partial charge >= 0.3 is 0 Å². The molecule has 24 heavy (non-hydrogen) atoms. The van der Waals surface area contributed by atoms with E-state index in [1.165, 1.54) is 11.4 Å². The fourth-order valence-corrected chi connectivity index (χ4v) is 3.63. The minimum Gasteiger partial charge on any atom is -0.462 e. The highest BCUT2D eigenvalue weighted by atomic mass is 16.5. The molecule has 0 atom stereocenters. The smallest absolute Gasteiger partial charge is 0.139 e. The number of benzene rings is 1. The van der Waals surface area contributed by atoms with Crippen LogP contribution in [0.25, 0.3) is 0 Å². The van der Waals surface area contributed by atoms with Gasteiger partial charge in [-0.25, -0.2) is 0 Å². The number of para-hydroxylation sites is 2. The molecule has 1 fully saturated rings. The van der Waals surface area contributed by atoms with Crippen LogP contribution in [0.4, 0.5) is 11.4 Å². The number of anilines is 2. The quantitative estimate of drug-likeness (QED) is 0.911. The molecule has 1 radical (unpaired) electrons. The van der Waals surface area contributed by atoms with Crippen LogP contribution in [0.1, 0.15) is 24.4 Å². The van der Waals surface area contributed by atoms with Crippen molar-refractivity contribution in [2.24, 2.45) is 0 Å². The Morgan fingerprint density at radius 2 is 1.92 bits per heavy atom. The summed E-state index contributed by atoms with van der Waals surface area (Å²) in [5.74, 6) is 1.93. The number of hydrogen-bond donors (Lipinski definition) is 1. The Hall–Kier alpha value is -1.98. The number of ether oxygens (including phenoxy) is 1. The molecule has 2 aliphatic rings. The van der Waals surface area contributed by atoms with E-state index in [4.69, 9.17) is 9.15 Å². The molecule has 0 saturated carbocycles. The average molecular weight is 326 g/mol. The lowest BCUT2D eigenvalue weighted by molar-refractivity contribution is 0.155. The summed E-state index contributed by atoms with van der Waals surface area (Å²) < 4.78 is 10.9. The number of piperidine rings is 1. The summed E-state index contributed by atoms with van der Waals surface area (Å²) in [6.45, 7) is 5.73. The van der Waals surface area contributed by atoms with Crippen LogP contribution in [0.2, 0.25) is 0 Å². The topological polar surface area (TPSA) is 40.9 Å². The number of methoxy groups -OCH3 is 1. The van der Waals surface area contributed by atoms with Crippen molar-refractivity contribution in [2.45, 2.75) is 32.0 Å². The summed E-state index contributed by atoms with van der Waals surface area (Å²) in [6.07, 6.45) is 2.33. The summed E-state index contributed by atoms with van der Waals surface area (Å²) in [7, 11) is 1.69. The molecule has 2 aliphatic heterocycles. The van der Waals surface area contributed by atoms with Crippen LogP contribution in [-0.4, -0.2) is 31.1 Å². The molecule has 1 aromatic heterocycles. The molecule has 1 saturated heterocycles. The molecule has 127 valence electrons. The van der Waals surface area contributed by atoms with Crippen LogP contribution < -0.4 is 10.2 Å². The predicted octanol–water partition coefficient (Wildman–Crippen LogP) is 3.44. The Labute approximate surface area is 143 Å². The third kappa shape index (κ3) is 3.14. The zero-order valence-corrected chi connectivity index (χ0v) is 14.1. The number of nitrogens with zero attached hydrogens (tertiary/aromatic N) is 2. The summed E-state index contributed by atoms with van der Waals surface area (Å²) in [5.41, 5.74) is 2.51. The Balaban J connectivity index is 1.32. The van der Waals surface area contributed by atoms with Gasteiger partial charge in [0.05, 0.1) is 17.9 Å². The summed E-state index contributed by atoms with van der Waals surface area (Å²) >= 11 is 0. The van der Waals surface area contributed by atoms with Gasteiger partial charge in [0.2, 0.25) is 0 Å². The van der Waals surface area contributed by atoms with Gasteiger partial charge in [-0.15, -0.1) is 0 Å². The van der Waals surface area contributed by atoms with Gasteiger partial charge in [0.25, 0.3) is 0 Å². The summed E-state index contributed by atoms with van der Waals surface area (Å²) in [4.78, 5) is 4.87. The van der Waals surface area contributed by atoms with E-state index in [0.717, 1.165) is 44.0 Å². The first-order valence-electron chi connectivity index (χ1n) is 8.59. The SMILES string of the molecule is COCc1ccc(CN2CCC(N3[CH]Nc4ccccc43)CC2)o1. The number of nitrogens with one attached hydrogen (secondary N) is 1. The van der Waals surface area contributed by atoms with Crippen LogP contribution in [0.5, 0.6) is 0 Å². The van der Waals surface area contributed by atoms with Crippen molar-refractivity contribution in [1.29, 1.82) is 0 Å². The van der Waals surface area contributed by atoms with Crippen molar-refractivity contribution in [3.63, 3.8) is 0 Å². The van der Waals surface area contributed by atoms with Crippen LogP contribution >= 0.6 is 0 Å². The van der Waals surface area contributed by atoms with Gasteiger partial charge in [-0.05, 0) is 37.1 Å². The molecule has 5 heteroatoms. The third-order valence-corrected chi connectivity index (χ3v) is 4.88. The second-order valence-electron chi connectivity index (χ2n) is 6.51. The van der Waals surface area contributed by atoms with E-state index in [1.54, 1.807) is 7.11 Å². The minimum atomic E-state index is 0.541. The van der Waals surface area contributed by atoms with Crippen LogP contribution in [-0.2, 0) is 17.9 Å². The van der Waals surface area contributed by atoms with Gasteiger partial charge < -0.3 is 19.4 Å². The highest BCUT2D eigenvalue weighted by molar-refractivity contribution is 5.77. The normalized spacial score (nSPS) is 18.6. The second-order valence-corrected chi connectivity index (χ2v) is 6.51. The van der Waals surface area contributed by atoms with E-state index >= 15 is 0 Å². The summed E-state index contributed by atoms with van der Waals surface area (Å²) in [5, 5.41) is 3.37. The molecule has 0 spiro atoms. The largest absolute Gasteiger partial charge is 0.462 e. The molecular weight excluding hydrogens is 302 g/mol. The number of hydrogen-bond acceptors (Lipinski definition) is 5. The highest BCUT2D eigenvalue weighted by Crippen LogP contribution is 2.36. The van der Waals surface area contributed by atoms with Crippen molar-refractivity contribution in [3.05, 3.63) is 54.6 Å². The highest BCUT2D eigenvalue weighted by Gasteiger charge is 2.29. The molecule has 0 unspecified atom stereocenters. The first kappa shape index (κ1) is 15.5. The molecule has 1 N–H and O–H groups in total. The first-order valence-corrected chi connectivity index (χ1v) is 8.59. The number of furan rings is 1. The van der Waals surface area contributed by atoms with Gasteiger partial charge in [0.1, 0.15) is 24.8 Å². The Morgan fingerprint density at radius 3 is 2.75 bits per heavy atom. The van der Waals surface area contributed by atoms with Crippen LogP contribution in [0.15, 0.2) is 40.8 Å². The molecule has 2 aromatic rings. The van der Waals surface area contributed by atoms with Crippen LogP contribution in [0, 0.1) is 6.67 Å². The first-order chi connectivity index (χ1) is 11.8. The molecule has 3 heterocycles. The van der Waals surface area contributed by atoms with E-state index < -0.39 is 0 Å². The molecule has 4 rings (SSSR count). The number of fused-ring (bicyclic) bond motifs is 1. The molecule has 0 amide bonds. The van der Waals surface area contributed by atoms with Crippen molar-refractivity contribution in [3.8, 4) is 0 Å². The van der Waals surface area contributed by atoms with Gasteiger partial charge in [0.15, 0.2) is 0 Å². The van der Waals surface area contributed by atoms with Gasteiger partial charge in [-0.2, -0.15) is 0 Å². The fourth-order valence-electron chi connectivity index (χ4n) is 3.63. The standard InChI is InChI=1S/C19H24N3O2/c1-23-13-17-7-6-16(24-17)12-21-10-8-15(9-11-21)22-14-20-18-4-2-3-5-19(18)22/h2-7,14-15,20H,8-13H2,1H3. The zero-order chi connectivity index (χ0) is 16.4. The van der Waals surface area contributed by atoms with Gasteiger partial charge in [-0.1, -0.05) is 12.1 Å². The van der Waals surface area contributed by atoms with E-state index in [9.17, 15) is 0 Å².